The van der Waals surface area contributed by atoms with E-state index < -0.39 is 0 Å². The molecule has 4 aromatic rings. The summed E-state index contributed by atoms with van der Waals surface area (Å²) in [5.74, 6) is 0.189. The fraction of sp³-hybridized carbons (Fsp3) is 0.0526. The Labute approximate surface area is 143 Å². The number of benzene rings is 3. The Morgan fingerprint density at radius 2 is 1.76 bits per heavy atom. The fourth-order valence-electron chi connectivity index (χ4n) is 2.72. The maximum Gasteiger partial charge on any atom is 0.315 e. The van der Waals surface area contributed by atoms with Crippen molar-refractivity contribution in [3.05, 3.63) is 78.6 Å². The molecule has 0 atom stereocenters. The highest BCUT2D eigenvalue weighted by atomic mass is 16.5. The molecule has 0 spiro atoms. The van der Waals surface area contributed by atoms with Crippen LogP contribution in [0.4, 0.5) is 0 Å². The second-order valence-corrected chi connectivity index (χ2v) is 5.54. The third-order valence-corrected chi connectivity index (χ3v) is 3.90. The van der Waals surface area contributed by atoms with Gasteiger partial charge in [0.25, 0.3) is 0 Å². The van der Waals surface area contributed by atoms with E-state index in [2.05, 4.69) is 15.5 Å². The Bertz CT molecular complexity index is 1010. The van der Waals surface area contributed by atoms with Crippen LogP contribution in [0.2, 0.25) is 0 Å². The minimum Gasteiger partial charge on any atom is -0.426 e. The van der Waals surface area contributed by atoms with Gasteiger partial charge >= 0.3 is 5.97 Å². The second kappa shape index (κ2) is 6.52. The molecule has 0 bridgehead atoms. The molecule has 0 aliphatic carbocycles. The number of esters is 1. The molecule has 0 saturated carbocycles. The second-order valence-electron chi connectivity index (χ2n) is 5.54. The van der Waals surface area contributed by atoms with E-state index in [0.717, 1.165) is 22.0 Å². The van der Waals surface area contributed by atoms with E-state index in [1.165, 1.54) is 11.0 Å². The molecular formula is C19H14N4O2. The van der Waals surface area contributed by atoms with Crippen LogP contribution in [0.3, 0.4) is 0 Å². The predicted molar refractivity (Wildman–Crippen MR) is 92.4 cm³/mol. The van der Waals surface area contributed by atoms with Crippen molar-refractivity contribution in [2.75, 3.05) is 0 Å². The van der Waals surface area contributed by atoms with Crippen molar-refractivity contribution in [1.82, 2.24) is 20.2 Å². The third kappa shape index (κ3) is 3.23. The summed E-state index contributed by atoms with van der Waals surface area (Å²) in [6.45, 7) is 0. The summed E-state index contributed by atoms with van der Waals surface area (Å²) < 4.78 is 6.97. The summed E-state index contributed by atoms with van der Waals surface area (Å²) in [5.41, 5.74) is 1.74. The van der Waals surface area contributed by atoms with Crippen LogP contribution in [0, 0.1) is 0 Å². The molecule has 0 N–H and O–H groups in total. The number of aromatic nitrogens is 4. The van der Waals surface area contributed by atoms with E-state index in [4.69, 9.17) is 4.74 Å². The molecule has 0 aliphatic rings. The zero-order valence-corrected chi connectivity index (χ0v) is 13.2. The molecule has 6 nitrogen and oxygen atoms in total. The number of rotatable bonds is 4. The van der Waals surface area contributed by atoms with Crippen LogP contribution in [-0.4, -0.2) is 26.2 Å². The zero-order valence-electron chi connectivity index (χ0n) is 13.2. The minimum absolute atomic E-state index is 0.218. The summed E-state index contributed by atoms with van der Waals surface area (Å²) in [6, 6.07) is 20.9. The molecule has 0 unspecified atom stereocenters. The zero-order chi connectivity index (χ0) is 17.1. The summed E-state index contributed by atoms with van der Waals surface area (Å²) in [7, 11) is 0. The standard InChI is InChI=1S/C19H14N4O2/c24-19(12-15-6-3-5-14-4-1-2-7-18(14)15)25-17-10-8-16(9-11-17)23-13-20-21-22-23/h1-11,13H,12H2. The largest absolute Gasteiger partial charge is 0.426 e. The molecule has 25 heavy (non-hydrogen) atoms. The van der Waals surface area contributed by atoms with Crippen molar-refractivity contribution in [2.24, 2.45) is 0 Å². The highest BCUT2D eigenvalue weighted by Crippen LogP contribution is 2.20. The number of hydrogen-bond acceptors (Lipinski definition) is 5. The summed E-state index contributed by atoms with van der Waals surface area (Å²) in [4.78, 5) is 12.3. The van der Waals surface area contributed by atoms with Crippen molar-refractivity contribution in [3.63, 3.8) is 0 Å². The number of tetrazole rings is 1. The van der Waals surface area contributed by atoms with Gasteiger partial charge in [-0.15, -0.1) is 5.10 Å². The molecule has 3 aromatic carbocycles. The molecule has 122 valence electrons. The molecule has 4 rings (SSSR count). The Morgan fingerprint density at radius 1 is 0.960 bits per heavy atom. The first-order valence-electron chi connectivity index (χ1n) is 7.80. The monoisotopic (exact) mass is 330 g/mol. The van der Waals surface area contributed by atoms with E-state index in [1.807, 2.05) is 42.5 Å². The van der Waals surface area contributed by atoms with Crippen LogP contribution in [0.1, 0.15) is 5.56 Å². The van der Waals surface area contributed by atoms with Crippen LogP contribution < -0.4 is 4.74 Å². The molecular weight excluding hydrogens is 316 g/mol. The lowest BCUT2D eigenvalue weighted by Crippen LogP contribution is -2.11. The topological polar surface area (TPSA) is 69.9 Å². The van der Waals surface area contributed by atoms with Gasteiger partial charge in [-0.05, 0) is 51.0 Å². The lowest BCUT2D eigenvalue weighted by Gasteiger charge is -2.08. The molecule has 6 heteroatoms. The maximum atomic E-state index is 12.3. The maximum absolute atomic E-state index is 12.3. The first-order valence-corrected chi connectivity index (χ1v) is 7.80. The Kier molecular flexibility index (Phi) is 3.92. The lowest BCUT2D eigenvalue weighted by molar-refractivity contribution is -0.133. The number of fused-ring (bicyclic) bond motifs is 1. The molecule has 0 saturated heterocycles. The molecule has 0 amide bonds. The predicted octanol–water partition coefficient (Wildman–Crippen LogP) is 2.96. The van der Waals surface area contributed by atoms with Gasteiger partial charge in [0.1, 0.15) is 12.1 Å². The van der Waals surface area contributed by atoms with Crippen LogP contribution in [-0.2, 0) is 11.2 Å². The molecule has 0 fully saturated rings. The Balaban J connectivity index is 1.48. The van der Waals surface area contributed by atoms with Crippen LogP contribution in [0.25, 0.3) is 16.5 Å². The summed E-state index contributed by atoms with van der Waals surface area (Å²) in [5, 5.41) is 13.2. The fourth-order valence-corrected chi connectivity index (χ4v) is 2.72. The van der Waals surface area contributed by atoms with Crippen LogP contribution >= 0.6 is 0 Å². The Hall–Kier alpha value is -3.54. The SMILES string of the molecule is O=C(Cc1cccc2ccccc12)Oc1ccc(-n2cnnn2)cc1. The van der Waals surface area contributed by atoms with Crippen LogP contribution in [0.5, 0.6) is 5.75 Å². The smallest absolute Gasteiger partial charge is 0.315 e. The van der Waals surface area contributed by atoms with E-state index in [0.29, 0.717) is 5.75 Å². The normalized spacial score (nSPS) is 10.7. The van der Waals surface area contributed by atoms with Crippen molar-refractivity contribution in [3.8, 4) is 11.4 Å². The van der Waals surface area contributed by atoms with Gasteiger partial charge in [-0.1, -0.05) is 42.5 Å². The third-order valence-electron chi connectivity index (χ3n) is 3.90. The van der Waals surface area contributed by atoms with E-state index >= 15 is 0 Å². The molecule has 1 heterocycles. The summed E-state index contributed by atoms with van der Waals surface area (Å²) >= 11 is 0. The number of hydrogen-bond donors (Lipinski definition) is 0. The van der Waals surface area contributed by atoms with Crippen molar-refractivity contribution >= 4 is 16.7 Å². The van der Waals surface area contributed by atoms with Gasteiger partial charge < -0.3 is 4.74 Å². The molecule has 0 aliphatic heterocycles. The van der Waals surface area contributed by atoms with Gasteiger partial charge in [-0.3, -0.25) is 4.79 Å². The summed E-state index contributed by atoms with van der Waals surface area (Å²) in [6.07, 6.45) is 1.72. The van der Waals surface area contributed by atoms with E-state index in [1.54, 1.807) is 24.3 Å². The van der Waals surface area contributed by atoms with E-state index in [9.17, 15) is 4.79 Å². The molecule has 1 aromatic heterocycles. The highest BCUT2D eigenvalue weighted by molar-refractivity contribution is 5.89. The van der Waals surface area contributed by atoms with Gasteiger partial charge in [-0.25, -0.2) is 4.68 Å². The quantitative estimate of drug-likeness (QED) is 0.425. The van der Waals surface area contributed by atoms with Gasteiger partial charge in [0.05, 0.1) is 12.1 Å². The lowest BCUT2D eigenvalue weighted by atomic mass is 10.0. The minimum atomic E-state index is -0.300. The van der Waals surface area contributed by atoms with Crippen molar-refractivity contribution < 1.29 is 9.53 Å². The highest BCUT2D eigenvalue weighted by Gasteiger charge is 2.09. The number of nitrogens with zero attached hydrogens (tertiary/aromatic N) is 4. The number of ether oxygens (including phenoxy) is 1. The first-order chi connectivity index (χ1) is 12.3. The van der Waals surface area contributed by atoms with Crippen molar-refractivity contribution in [2.45, 2.75) is 6.42 Å². The van der Waals surface area contributed by atoms with Gasteiger partial charge in [0, 0.05) is 0 Å². The van der Waals surface area contributed by atoms with Crippen LogP contribution in [0.15, 0.2) is 73.1 Å². The average Bonchev–Trinajstić information content (AvgIpc) is 3.17. The number of carbonyl (C=O) groups is 1. The van der Waals surface area contributed by atoms with Gasteiger partial charge in [-0.2, -0.15) is 0 Å². The average molecular weight is 330 g/mol. The number of carbonyl (C=O) groups excluding carboxylic acids is 1. The molecule has 0 radical (unpaired) electrons. The van der Waals surface area contributed by atoms with Crippen molar-refractivity contribution in [1.29, 1.82) is 0 Å². The van der Waals surface area contributed by atoms with Gasteiger partial charge in [0.2, 0.25) is 0 Å². The first kappa shape index (κ1) is 15.0. The van der Waals surface area contributed by atoms with Gasteiger partial charge in [0.15, 0.2) is 0 Å². The Morgan fingerprint density at radius 3 is 2.56 bits per heavy atom. The van der Waals surface area contributed by atoms with E-state index in [-0.39, 0.29) is 12.4 Å².